The minimum absolute atomic E-state index is 0.135. The molecule has 2 fully saturated rings. The zero-order chi connectivity index (χ0) is 15.4. The average molecular weight is 319 g/mol. The van der Waals surface area contributed by atoms with Crippen LogP contribution in [0.15, 0.2) is 30.3 Å². The second-order valence-electron chi connectivity index (χ2n) is 5.85. The summed E-state index contributed by atoms with van der Waals surface area (Å²) in [6.07, 6.45) is 3.65. The van der Waals surface area contributed by atoms with E-state index in [0.29, 0.717) is 18.2 Å². The van der Waals surface area contributed by atoms with Crippen LogP contribution in [0, 0.1) is 5.92 Å². The Bertz CT molecular complexity index is 530. The Balaban J connectivity index is 1.42. The summed E-state index contributed by atoms with van der Waals surface area (Å²) in [4.78, 5) is 26.0. The van der Waals surface area contributed by atoms with Crippen LogP contribution in [0.5, 0.6) is 0 Å². The van der Waals surface area contributed by atoms with Crippen LogP contribution in [0.25, 0.3) is 0 Å². The maximum atomic E-state index is 12.2. The van der Waals surface area contributed by atoms with E-state index in [1.54, 1.807) is 16.7 Å². The zero-order valence-corrected chi connectivity index (χ0v) is 13.4. The molecule has 0 spiro atoms. The molecule has 1 aliphatic carbocycles. The minimum atomic E-state index is -0.380. The van der Waals surface area contributed by atoms with Crippen LogP contribution in [-0.2, 0) is 20.7 Å². The maximum absolute atomic E-state index is 12.2. The fourth-order valence-corrected chi connectivity index (χ4v) is 3.76. The van der Waals surface area contributed by atoms with E-state index in [2.05, 4.69) is 12.1 Å². The Labute approximate surface area is 135 Å². The SMILES string of the molecule is O=C(OCCCc1ccccc1)[C@@H]1CSCN1C(=O)C1CC1. The monoisotopic (exact) mass is 319 g/mol. The van der Waals surface area contributed by atoms with Gasteiger partial charge in [0.2, 0.25) is 5.91 Å². The Morgan fingerprint density at radius 1 is 1.23 bits per heavy atom. The number of ether oxygens (including phenoxy) is 1. The predicted molar refractivity (Wildman–Crippen MR) is 86.4 cm³/mol. The van der Waals surface area contributed by atoms with E-state index in [4.69, 9.17) is 4.74 Å². The third-order valence-corrected chi connectivity index (χ3v) is 5.07. The van der Waals surface area contributed by atoms with Crippen molar-refractivity contribution in [1.29, 1.82) is 0 Å². The van der Waals surface area contributed by atoms with Crippen LogP contribution >= 0.6 is 11.8 Å². The van der Waals surface area contributed by atoms with Crippen LogP contribution in [0.4, 0.5) is 0 Å². The molecule has 1 aromatic carbocycles. The minimum Gasteiger partial charge on any atom is -0.464 e. The molecular formula is C17H21NO3S. The Morgan fingerprint density at radius 2 is 2.00 bits per heavy atom. The van der Waals surface area contributed by atoms with Gasteiger partial charge in [0.05, 0.1) is 12.5 Å². The Hall–Kier alpha value is -1.49. The van der Waals surface area contributed by atoms with E-state index in [1.807, 2.05) is 18.2 Å². The first-order valence-corrected chi connectivity index (χ1v) is 9.00. The largest absolute Gasteiger partial charge is 0.464 e. The summed E-state index contributed by atoms with van der Waals surface area (Å²) >= 11 is 1.63. The van der Waals surface area contributed by atoms with Gasteiger partial charge in [-0.3, -0.25) is 4.79 Å². The standard InChI is InChI=1S/C17H21NO3S/c19-16(14-8-9-14)18-12-22-11-15(18)17(20)21-10-4-7-13-5-2-1-3-6-13/h1-3,5-6,14-15H,4,7-12H2/t15-/m0/s1. The van der Waals surface area contributed by atoms with Crippen LogP contribution in [-0.4, -0.2) is 41.1 Å². The Morgan fingerprint density at radius 3 is 2.73 bits per heavy atom. The average Bonchev–Trinajstić information content (AvgIpc) is 3.28. The van der Waals surface area contributed by atoms with Crippen LogP contribution in [0.1, 0.15) is 24.8 Å². The lowest BCUT2D eigenvalue weighted by atomic mass is 10.1. The van der Waals surface area contributed by atoms with E-state index < -0.39 is 0 Å². The van der Waals surface area contributed by atoms with Gasteiger partial charge >= 0.3 is 5.97 Å². The van der Waals surface area contributed by atoms with Crippen molar-refractivity contribution in [3.05, 3.63) is 35.9 Å². The number of hydrogen-bond acceptors (Lipinski definition) is 4. The van der Waals surface area contributed by atoms with Crippen molar-refractivity contribution < 1.29 is 14.3 Å². The van der Waals surface area contributed by atoms with Crippen molar-refractivity contribution in [2.45, 2.75) is 31.7 Å². The van der Waals surface area contributed by atoms with Crippen molar-refractivity contribution in [2.24, 2.45) is 5.92 Å². The normalized spacial score (nSPS) is 20.9. The molecule has 0 unspecified atom stereocenters. The lowest BCUT2D eigenvalue weighted by Crippen LogP contribution is -2.43. The number of benzene rings is 1. The molecular weight excluding hydrogens is 298 g/mol. The summed E-state index contributed by atoms with van der Waals surface area (Å²) in [5, 5.41) is 0. The van der Waals surface area contributed by atoms with E-state index in [1.165, 1.54) is 5.56 Å². The molecule has 1 aromatic rings. The first-order chi connectivity index (χ1) is 10.8. The summed E-state index contributed by atoms with van der Waals surface area (Å²) in [6.45, 7) is 0.417. The second kappa shape index (κ2) is 7.18. The summed E-state index contributed by atoms with van der Waals surface area (Å²) < 4.78 is 5.38. The molecule has 0 bridgehead atoms. The van der Waals surface area contributed by atoms with E-state index >= 15 is 0 Å². The van der Waals surface area contributed by atoms with Crippen molar-refractivity contribution in [1.82, 2.24) is 4.90 Å². The van der Waals surface area contributed by atoms with Gasteiger partial charge in [-0.15, -0.1) is 11.8 Å². The number of aryl methyl sites for hydroxylation is 1. The third-order valence-electron chi connectivity index (χ3n) is 4.06. The molecule has 4 nitrogen and oxygen atoms in total. The summed E-state index contributed by atoms with van der Waals surface area (Å²) in [6, 6.07) is 9.79. The highest BCUT2D eigenvalue weighted by atomic mass is 32.2. The molecule has 22 heavy (non-hydrogen) atoms. The topological polar surface area (TPSA) is 46.6 Å². The molecule has 1 aliphatic heterocycles. The molecule has 0 aromatic heterocycles. The van der Waals surface area contributed by atoms with Gasteiger partial charge in [0.1, 0.15) is 6.04 Å². The number of carbonyl (C=O) groups excluding carboxylic acids is 2. The highest BCUT2D eigenvalue weighted by Gasteiger charge is 2.41. The molecule has 118 valence electrons. The van der Waals surface area contributed by atoms with Gasteiger partial charge in [-0.2, -0.15) is 0 Å². The highest BCUT2D eigenvalue weighted by molar-refractivity contribution is 7.99. The molecule has 2 aliphatic rings. The van der Waals surface area contributed by atoms with E-state index in [0.717, 1.165) is 25.7 Å². The lowest BCUT2D eigenvalue weighted by Gasteiger charge is -2.22. The molecule has 3 rings (SSSR count). The van der Waals surface area contributed by atoms with Gasteiger partial charge in [0.25, 0.3) is 0 Å². The van der Waals surface area contributed by atoms with E-state index in [-0.39, 0.29) is 23.8 Å². The fraction of sp³-hybridized carbons (Fsp3) is 0.529. The number of hydrogen-bond donors (Lipinski definition) is 0. The van der Waals surface area contributed by atoms with Crippen molar-refractivity contribution in [2.75, 3.05) is 18.2 Å². The Kier molecular flexibility index (Phi) is 5.03. The molecule has 0 N–H and O–H groups in total. The first-order valence-electron chi connectivity index (χ1n) is 7.84. The van der Waals surface area contributed by atoms with Gasteiger partial charge < -0.3 is 9.64 Å². The second-order valence-corrected chi connectivity index (χ2v) is 6.85. The van der Waals surface area contributed by atoms with Crippen molar-refractivity contribution in [3.63, 3.8) is 0 Å². The van der Waals surface area contributed by atoms with Crippen molar-refractivity contribution >= 4 is 23.6 Å². The third kappa shape index (κ3) is 3.83. The zero-order valence-electron chi connectivity index (χ0n) is 12.6. The number of thioether (sulfide) groups is 1. The molecule has 1 heterocycles. The van der Waals surface area contributed by atoms with Crippen LogP contribution in [0.3, 0.4) is 0 Å². The summed E-state index contributed by atoms with van der Waals surface area (Å²) in [5.41, 5.74) is 1.25. The fourth-order valence-electron chi connectivity index (χ4n) is 2.61. The smallest absolute Gasteiger partial charge is 0.329 e. The van der Waals surface area contributed by atoms with Gasteiger partial charge in [-0.25, -0.2) is 4.79 Å². The summed E-state index contributed by atoms with van der Waals surface area (Å²) in [5.74, 6) is 1.34. The molecule has 5 heteroatoms. The number of carbonyl (C=O) groups is 2. The summed E-state index contributed by atoms with van der Waals surface area (Å²) in [7, 11) is 0. The molecule has 0 radical (unpaired) electrons. The number of nitrogens with zero attached hydrogens (tertiary/aromatic N) is 1. The quantitative estimate of drug-likeness (QED) is 0.597. The lowest BCUT2D eigenvalue weighted by molar-refractivity contribution is -0.153. The molecule has 1 saturated carbocycles. The van der Waals surface area contributed by atoms with Gasteiger partial charge in [0, 0.05) is 11.7 Å². The van der Waals surface area contributed by atoms with Crippen molar-refractivity contribution in [3.8, 4) is 0 Å². The maximum Gasteiger partial charge on any atom is 0.329 e. The van der Waals surface area contributed by atoms with Gasteiger partial charge in [0.15, 0.2) is 0 Å². The van der Waals surface area contributed by atoms with Crippen LogP contribution in [0.2, 0.25) is 0 Å². The number of rotatable bonds is 6. The van der Waals surface area contributed by atoms with E-state index in [9.17, 15) is 9.59 Å². The van der Waals surface area contributed by atoms with Gasteiger partial charge in [-0.1, -0.05) is 30.3 Å². The molecule has 1 saturated heterocycles. The molecule has 1 atom stereocenters. The number of esters is 1. The first kappa shape index (κ1) is 15.4. The number of amides is 1. The van der Waals surface area contributed by atoms with Gasteiger partial charge in [-0.05, 0) is 31.2 Å². The highest BCUT2D eigenvalue weighted by Crippen LogP contribution is 2.34. The predicted octanol–water partition coefficient (Wildman–Crippen LogP) is 2.47. The van der Waals surface area contributed by atoms with Crippen LogP contribution < -0.4 is 0 Å². The molecule has 1 amide bonds.